The third-order valence-electron chi connectivity index (χ3n) is 2.25. The van der Waals surface area contributed by atoms with Crippen LogP contribution >= 0.6 is 0 Å². The number of hydrogen-bond donors (Lipinski definition) is 1. The van der Waals surface area contributed by atoms with Gasteiger partial charge in [-0.1, -0.05) is 24.3 Å². The summed E-state index contributed by atoms with van der Waals surface area (Å²) in [6.07, 6.45) is 3.74. The molecule has 2 rings (SSSR count). The molecule has 0 bridgehead atoms. The molecule has 0 spiro atoms. The van der Waals surface area contributed by atoms with E-state index in [0.29, 0.717) is 0 Å². The maximum Gasteiger partial charge on any atom is 0.118 e. The molecule has 2 aromatic rings. The Balaban J connectivity index is 2.61. The quantitative estimate of drug-likeness (QED) is 0.742. The van der Waals surface area contributed by atoms with Crippen molar-refractivity contribution in [2.24, 2.45) is 4.99 Å². The van der Waals surface area contributed by atoms with Crippen molar-refractivity contribution in [3.8, 4) is 0 Å². The third kappa shape index (κ3) is 1.68. The molecule has 1 aromatic carbocycles. The first kappa shape index (κ1) is 9.65. The van der Waals surface area contributed by atoms with Crippen LogP contribution in [0.5, 0.6) is 0 Å². The lowest BCUT2D eigenvalue weighted by molar-refractivity contribution is 1.09. The minimum atomic E-state index is 0.898. The van der Waals surface area contributed by atoms with Gasteiger partial charge in [0.05, 0.1) is 11.2 Å². The predicted molar refractivity (Wildman–Crippen MR) is 63.9 cm³/mol. The molecule has 3 heteroatoms. The highest BCUT2D eigenvalue weighted by molar-refractivity contribution is 5.91. The molecule has 0 amide bonds. The molecule has 0 aliphatic carbocycles. The van der Waals surface area contributed by atoms with Crippen LogP contribution in [0, 0.1) is 0 Å². The average Bonchev–Trinajstić information content (AvgIpc) is 2.70. The molecular formula is C12H13N3. The molecule has 1 heterocycles. The Morgan fingerprint density at radius 2 is 2.13 bits per heavy atom. The van der Waals surface area contributed by atoms with E-state index in [1.54, 1.807) is 6.21 Å². The van der Waals surface area contributed by atoms with Crippen molar-refractivity contribution < 1.29 is 0 Å². The molecule has 1 N–H and O–H groups in total. The maximum absolute atomic E-state index is 4.29. The molecule has 0 saturated heterocycles. The molecule has 15 heavy (non-hydrogen) atoms. The fourth-order valence-electron chi connectivity index (χ4n) is 1.57. The summed E-state index contributed by atoms with van der Waals surface area (Å²) in [6.45, 7) is 3.87. The number of benzene rings is 1. The van der Waals surface area contributed by atoms with E-state index < -0.39 is 0 Å². The average molecular weight is 199 g/mol. The van der Waals surface area contributed by atoms with Crippen LogP contribution in [-0.4, -0.2) is 16.4 Å². The van der Waals surface area contributed by atoms with Crippen molar-refractivity contribution in [2.75, 3.05) is 0 Å². The van der Waals surface area contributed by atoms with Crippen LogP contribution in [0.1, 0.15) is 19.5 Å². The van der Waals surface area contributed by atoms with Gasteiger partial charge < -0.3 is 0 Å². The van der Waals surface area contributed by atoms with Gasteiger partial charge in [-0.2, -0.15) is 5.10 Å². The Bertz CT molecular complexity index is 520. The first-order chi connectivity index (χ1) is 7.36. The minimum absolute atomic E-state index is 0.898. The highest BCUT2D eigenvalue weighted by Crippen LogP contribution is 2.22. The maximum atomic E-state index is 4.29. The molecule has 0 radical (unpaired) electrons. The van der Waals surface area contributed by atoms with Gasteiger partial charge in [-0.25, -0.2) is 0 Å². The number of rotatable bonds is 2. The van der Waals surface area contributed by atoms with E-state index in [-0.39, 0.29) is 0 Å². The van der Waals surface area contributed by atoms with E-state index in [1.807, 2.05) is 44.2 Å². The zero-order chi connectivity index (χ0) is 10.7. The lowest BCUT2D eigenvalue weighted by atomic mass is 10.2. The van der Waals surface area contributed by atoms with E-state index >= 15 is 0 Å². The number of allylic oxidation sites excluding steroid dienone is 1. The number of H-pyrrole nitrogens is 1. The summed E-state index contributed by atoms with van der Waals surface area (Å²) in [5.41, 5.74) is 2.85. The first-order valence-corrected chi connectivity index (χ1v) is 4.95. The van der Waals surface area contributed by atoms with E-state index in [2.05, 4.69) is 15.2 Å². The molecule has 1 aromatic heterocycles. The van der Waals surface area contributed by atoms with Crippen LogP contribution in [-0.2, 0) is 0 Å². The minimum Gasteiger partial charge on any atom is -0.277 e. The summed E-state index contributed by atoms with van der Waals surface area (Å²) in [6, 6.07) is 8.05. The zero-order valence-electron chi connectivity index (χ0n) is 8.86. The van der Waals surface area contributed by atoms with E-state index in [0.717, 1.165) is 22.3 Å². The number of hydrogen-bond acceptors (Lipinski definition) is 2. The van der Waals surface area contributed by atoms with Crippen LogP contribution < -0.4 is 0 Å². The van der Waals surface area contributed by atoms with Crippen LogP contribution in [0.2, 0.25) is 0 Å². The van der Waals surface area contributed by atoms with Gasteiger partial charge in [0.15, 0.2) is 0 Å². The number of aliphatic imine (C=N–C) groups is 1. The van der Waals surface area contributed by atoms with E-state index in [9.17, 15) is 0 Å². The predicted octanol–water partition coefficient (Wildman–Crippen LogP) is 3.01. The SMILES string of the molecule is CC=N/C(=C\C)c1n[nH]c2ccccc12. The van der Waals surface area contributed by atoms with Crippen molar-refractivity contribution >= 4 is 22.8 Å². The fourth-order valence-corrected chi connectivity index (χ4v) is 1.57. The number of para-hydroxylation sites is 1. The summed E-state index contributed by atoms with van der Waals surface area (Å²) in [7, 11) is 0. The second-order valence-corrected chi connectivity index (χ2v) is 3.18. The van der Waals surface area contributed by atoms with Gasteiger partial charge >= 0.3 is 0 Å². The van der Waals surface area contributed by atoms with Crippen molar-refractivity contribution in [2.45, 2.75) is 13.8 Å². The summed E-state index contributed by atoms with van der Waals surface area (Å²) in [5, 5.41) is 8.38. The summed E-state index contributed by atoms with van der Waals surface area (Å²) < 4.78 is 0. The Labute approximate surface area is 88.5 Å². The van der Waals surface area contributed by atoms with Gasteiger partial charge in [0.2, 0.25) is 0 Å². The third-order valence-corrected chi connectivity index (χ3v) is 2.25. The highest BCUT2D eigenvalue weighted by Gasteiger charge is 2.07. The van der Waals surface area contributed by atoms with Crippen LogP contribution in [0.15, 0.2) is 35.3 Å². The molecule has 3 nitrogen and oxygen atoms in total. The zero-order valence-corrected chi connectivity index (χ0v) is 8.86. The molecular weight excluding hydrogens is 186 g/mol. The van der Waals surface area contributed by atoms with Crippen LogP contribution in [0.25, 0.3) is 16.6 Å². The highest BCUT2D eigenvalue weighted by atomic mass is 15.1. The molecule has 0 fully saturated rings. The second-order valence-electron chi connectivity index (χ2n) is 3.18. The van der Waals surface area contributed by atoms with Crippen molar-refractivity contribution in [3.63, 3.8) is 0 Å². The Hall–Kier alpha value is -1.90. The van der Waals surface area contributed by atoms with Gasteiger partial charge in [0.25, 0.3) is 0 Å². The van der Waals surface area contributed by atoms with Crippen molar-refractivity contribution in [1.82, 2.24) is 10.2 Å². The molecule has 0 aliphatic rings. The van der Waals surface area contributed by atoms with E-state index in [4.69, 9.17) is 0 Å². The normalized spacial score (nSPS) is 12.8. The molecule has 76 valence electrons. The first-order valence-electron chi connectivity index (χ1n) is 4.95. The second kappa shape index (κ2) is 4.09. The molecule has 0 atom stereocenters. The van der Waals surface area contributed by atoms with Crippen molar-refractivity contribution in [3.05, 3.63) is 36.0 Å². The van der Waals surface area contributed by atoms with Gasteiger partial charge in [-0.05, 0) is 19.9 Å². The standard InChI is InChI=1S/C12H13N3/c1-3-10(13-4-2)12-9-7-5-6-8-11(9)14-15-12/h3-8H,1-2H3,(H,14,15)/b10-3-,13-4?. The number of nitrogens with zero attached hydrogens (tertiary/aromatic N) is 2. The van der Waals surface area contributed by atoms with Gasteiger partial charge in [-0.3, -0.25) is 10.1 Å². The molecule has 0 saturated carbocycles. The van der Waals surface area contributed by atoms with Crippen LogP contribution in [0.3, 0.4) is 0 Å². The fraction of sp³-hybridized carbons (Fsp3) is 0.167. The van der Waals surface area contributed by atoms with Crippen LogP contribution in [0.4, 0.5) is 0 Å². The monoisotopic (exact) mass is 199 g/mol. The number of aromatic nitrogens is 2. The van der Waals surface area contributed by atoms with Crippen molar-refractivity contribution in [1.29, 1.82) is 0 Å². The smallest absolute Gasteiger partial charge is 0.118 e. The Morgan fingerprint density at radius 3 is 2.87 bits per heavy atom. The number of fused-ring (bicyclic) bond motifs is 1. The summed E-state index contributed by atoms with van der Waals surface area (Å²) >= 11 is 0. The summed E-state index contributed by atoms with van der Waals surface area (Å²) in [4.78, 5) is 4.29. The Morgan fingerprint density at radius 1 is 1.33 bits per heavy atom. The lowest BCUT2D eigenvalue weighted by Crippen LogP contribution is -1.82. The Kier molecular flexibility index (Phi) is 2.63. The van der Waals surface area contributed by atoms with E-state index in [1.165, 1.54) is 0 Å². The summed E-state index contributed by atoms with van der Waals surface area (Å²) in [5.74, 6) is 0. The topological polar surface area (TPSA) is 41.0 Å². The lowest BCUT2D eigenvalue weighted by Gasteiger charge is -1.96. The van der Waals surface area contributed by atoms with Gasteiger partial charge in [0.1, 0.15) is 5.69 Å². The van der Waals surface area contributed by atoms with Gasteiger partial charge in [0, 0.05) is 11.6 Å². The molecule has 0 aliphatic heterocycles. The largest absolute Gasteiger partial charge is 0.277 e. The van der Waals surface area contributed by atoms with Gasteiger partial charge in [-0.15, -0.1) is 0 Å². The number of aromatic amines is 1. The number of nitrogens with one attached hydrogen (secondary N) is 1. The molecule has 0 unspecified atom stereocenters.